The lowest BCUT2D eigenvalue weighted by Gasteiger charge is -2.27. The summed E-state index contributed by atoms with van der Waals surface area (Å²) in [5.41, 5.74) is 2.20. The van der Waals surface area contributed by atoms with Crippen LogP contribution in [0.3, 0.4) is 0 Å². The van der Waals surface area contributed by atoms with Crippen LogP contribution in [0, 0.1) is 23.2 Å². The number of allylic oxidation sites excluding steroid dienone is 3. The summed E-state index contributed by atoms with van der Waals surface area (Å²) >= 11 is 0. The first-order valence-corrected chi connectivity index (χ1v) is 8.94. The molecule has 3 nitrogen and oxygen atoms in total. The lowest BCUT2D eigenvalue weighted by molar-refractivity contribution is -0.0372. The third kappa shape index (κ3) is 6.68. The first kappa shape index (κ1) is 20.2. The van der Waals surface area contributed by atoms with E-state index in [4.69, 9.17) is 9.94 Å². The molecule has 4 unspecified atom stereocenters. The van der Waals surface area contributed by atoms with E-state index in [0.29, 0.717) is 11.3 Å². The summed E-state index contributed by atoms with van der Waals surface area (Å²) in [6.07, 6.45) is 10.5. The summed E-state index contributed by atoms with van der Waals surface area (Å²) in [5.74, 6) is 3.13. The van der Waals surface area contributed by atoms with Crippen LogP contribution in [0.4, 0.5) is 0 Å². The van der Waals surface area contributed by atoms with E-state index in [0.717, 1.165) is 22.7 Å². The van der Waals surface area contributed by atoms with Gasteiger partial charge in [-0.05, 0) is 62.7 Å². The second kappa shape index (κ2) is 8.89. The second-order valence-corrected chi connectivity index (χ2v) is 7.99. The van der Waals surface area contributed by atoms with Crippen LogP contribution < -0.4 is 0 Å². The molecule has 23 heavy (non-hydrogen) atoms. The van der Waals surface area contributed by atoms with E-state index in [1.807, 2.05) is 0 Å². The van der Waals surface area contributed by atoms with Crippen molar-refractivity contribution in [2.24, 2.45) is 23.2 Å². The van der Waals surface area contributed by atoms with Crippen LogP contribution in [0.15, 0.2) is 24.0 Å². The highest BCUT2D eigenvalue weighted by Crippen LogP contribution is 2.59. The van der Waals surface area contributed by atoms with E-state index in [1.165, 1.54) is 38.5 Å². The Balaban J connectivity index is 0.000000593. The summed E-state index contributed by atoms with van der Waals surface area (Å²) in [5, 5.41) is 8.89. The van der Waals surface area contributed by atoms with Gasteiger partial charge in [0, 0.05) is 20.0 Å². The van der Waals surface area contributed by atoms with Crippen molar-refractivity contribution in [2.45, 2.75) is 59.3 Å². The number of rotatable bonds is 3. The lowest BCUT2D eigenvalue weighted by atomic mass is 9.81. The van der Waals surface area contributed by atoms with Gasteiger partial charge < -0.3 is 9.94 Å². The van der Waals surface area contributed by atoms with Crippen molar-refractivity contribution in [3.05, 3.63) is 24.0 Å². The van der Waals surface area contributed by atoms with Gasteiger partial charge in [0.1, 0.15) is 0 Å². The normalized spacial score (nSPS) is 34.2. The van der Waals surface area contributed by atoms with E-state index >= 15 is 0 Å². The second-order valence-electron chi connectivity index (χ2n) is 7.99. The monoisotopic (exact) mass is 323 g/mol. The molecule has 0 radical (unpaired) electrons. The third-order valence-electron chi connectivity index (χ3n) is 5.72. The molecule has 4 atom stereocenters. The Hall–Kier alpha value is -0.800. The molecule has 0 bridgehead atoms. The van der Waals surface area contributed by atoms with E-state index in [1.54, 1.807) is 26.8 Å². The standard InChI is InChI=1S/C18H30O.C2H7NO/c1-13-7-6-10-18(4)12-17(18)11-16(9-8-13)14(2)15(3)19-5;1-3(2)4/h7,14,16-17H,3,6,8-12H2,1-2,4-5H3;4H,1-2H3/b13-7+;. The molecule has 0 aromatic carbocycles. The minimum atomic E-state index is 0.488. The molecule has 1 N–H and O–H groups in total. The molecule has 0 spiro atoms. The van der Waals surface area contributed by atoms with Crippen molar-refractivity contribution in [3.63, 3.8) is 0 Å². The Labute approximate surface area is 143 Å². The van der Waals surface area contributed by atoms with Crippen molar-refractivity contribution >= 4 is 0 Å². The Bertz CT molecular complexity index is 413. The predicted octanol–water partition coefficient (Wildman–Crippen LogP) is 5.27. The minimum Gasteiger partial charge on any atom is -0.501 e. The average Bonchev–Trinajstić information content (AvgIpc) is 3.11. The molecule has 2 rings (SSSR count). The molecular weight excluding hydrogens is 286 g/mol. The molecule has 0 heterocycles. The number of fused-ring (bicyclic) bond motifs is 1. The highest BCUT2D eigenvalue weighted by atomic mass is 16.5. The van der Waals surface area contributed by atoms with Crippen LogP contribution in [0.1, 0.15) is 59.3 Å². The van der Waals surface area contributed by atoms with Crippen LogP contribution in [-0.4, -0.2) is 31.5 Å². The van der Waals surface area contributed by atoms with Gasteiger partial charge in [0.05, 0.1) is 12.9 Å². The Morgan fingerprint density at radius 3 is 2.65 bits per heavy atom. The van der Waals surface area contributed by atoms with E-state index in [-0.39, 0.29) is 0 Å². The van der Waals surface area contributed by atoms with Crippen molar-refractivity contribution in [1.29, 1.82) is 0 Å². The number of hydrogen-bond acceptors (Lipinski definition) is 3. The largest absolute Gasteiger partial charge is 0.501 e. The zero-order chi connectivity index (χ0) is 17.6. The number of hydrogen-bond donors (Lipinski definition) is 1. The van der Waals surface area contributed by atoms with E-state index < -0.39 is 0 Å². The maximum atomic E-state index is 7.89. The summed E-state index contributed by atoms with van der Waals surface area (Å²) < 4.78 is 5.38. The summed E-state index contributed by atoms with van der Waals surface area (Å²) in [7, 11) is 4.87. The fourth-order valence-electron chi connectivity index (χ4n) is 3.73. The van der Waals surface area contributed by atoms with Crippen LogP contribution in [0.5, 0.6) is 0 Å². The fourth-order valence-corrected chi connectivity index (χ4v) is 3.73. The smallest absolute Gasteiger partial charge is 0.0914 e. The van der Waals surface area contributed by atoms with Gasteiger partial charge in [-0.2, -0.15) is 5.06 Å². The van der Waals surface area contributed by atoms with Gasteiger partial charge in [0.2, 0.25) is 0 Å². The summed E-state index contributed by atoms with van der Waals surface area (Å²) in [6, 6.07) is 0. The molecule has 0 amide bonds. The number of hydroxylamine groups is 2. The van der Waals surface area contributed by atoms with Gasteiger partial charge in [-0.25, -0.2) is 0 Å². The molecule has 134 valence electrons. The quantitative estimate of drug-likeness (QED) is 0.436. The Morgan fingerprint density at radius 2 is 2.09 bits per heavy atom. The molecule has 3 heteroatoms. The van der Waals surface area contributed by atoms with Crippen molar-refractivity contribution in [2.75, 3.05) is 21.2 Å². The molecule has 2 aliphatic rings. The topological polar surface area (TPSA) is 32.7 Å². The lowest BCUT2D eigenvalue weighted by Crippen LogP contribution is -2.17. The molecule has 0 aromatic heterocycles. The zero-order valence-corrected chi connectivity index (χ0v) is 16.1. The van der Waals surface area contributed by atoms with Crippen molar-refractivity contribution < 1.29 is 9.94 Å². The molecule has 2 aliphatic carbocycles. The maximum Gasteiger partial charge on any atom is 0.0914 e. The first-order chi connectivity index (χ1) is 10.7. The summed E-state index contributed by atoms with van der Waals surface area (Å²) in [4.78, 5) is 0. The fraction of sp³-hybridized carbons (Fsp3) is 0.800. The van der Waals surface area contributed by atoms with E-state index in [9.17, 15) is 0 Å². The Morgan fingerprint density at radius 1 is 1.48 bits per heavy atom. The van der Waals surface area contributed by atoms with Gasteiger partial charge in [0.15, 0.2) is 0 Å². The average molecular weight is 324 g/mol. The van der Waals surface area contributed by atoms with Crippen LogP contribution in [0.2, 0.25) is 0 Å². The molecular formula is C20H37NO2. The van der Waals surface area contributed by atoms with Crippen LogP contribution >= 0.6 is 0 Å². The molecule has 0 saturated heterocycles. The van der Waals surface area contributed by atoms with Gasteiger partial charge in [-0.1, -0.05) is 32.1 Å². The number of methoxy groups -OCH3 is 1. The number of ether oxygens (including phenoxy) is 1. The molecule has 0 aromatic rings. The van der Waals surface area contributed by atoms with Crippen molar-refractivity contribution in [1.82, 2.24) is 5.06 Å². The van der Waals surface area contributed by atoms with Crippen molar-refractivity contribution in [3.8, 4) is 0 Å². The van der Waals surface area contributed by atoms with Gasteiger partial charge in [-0.3, -0.25) is 0 Å². The molecule has 1 saturated carbocycles. The maximum absolute atomic E-state index is 7.89. The van der Waals surface area contributed by atoms with Crippen LogP contribution in [0.25, 0.3) is 0 Å². The SMILES string of the molecule is C=C(OC)C(C)C1CC/C(C)=C/CCC2(C)CC2C1.CN(C)O. The Kier molecular flexibility index (Phi) is 7.82. The van der Waals surface area contributed by atoms with E-state index in [2.05, 4.69) is 33.4 Å². The van der Waals surface area contributed by atoms with Gasteiger partial charge in [0.25, 0.3) is 0 Å². The minimum absolute atomic E-state index is 0.488. The highest BCUT2D eigenvalue weighted by molar-refractivity contribution is 5.07. The first-order valence-electron chi connectivity index (χ1n) is 8.94. The third-order valence-corrected chi connectivity index (χ3v) is 5.72. The van der Waals surface area contributed by atoms with Crippen LogP contribution in [-0.2, 0) is 4.74 Å². The zero-order valence-electron chi connectivity index (χ0n) is 16.1. The molecule has 1 fully saturated rings. The van der Waals surface area contributed by atoms with Gasteiger partial charge >= 0.3 is 0 Å². The predicted molar refractivity (Wildman–Crippen MR) is 97.3 cm³/mol. The highest BCUT2D eigenvalue weighted by Gasteiger charge is 2.49. The number of nitrogens with zero attached hydrogens (tertiary/aromatic N) is 1. The molecule has 0 aliphatic heterocycles. The van der Waals surface area contributed by atoms with Gasteiger partial charge in [-0.15, -0.1) is 0 Å². The summed E-state index contributed by atoms with van der Waals surface area (Å²) in [6.45, 7) is 11.1.